The number of amides is 1. The van der Waals surface area contributed by atoms with E-state index in [9.17, 15) is 9.90 Å². The summed E-state index contributed by atoms with van der Waals surface area (Å²) in [5.74, 6) is -0.322. The van der Waals surface area contributed by atoms with Gasteiger partial charge in [0.05, 0.1) is 5.56 Å². The van der Waals surface area contributed by atoms with Crippen molar-refractivity contribution in [3.63, 3.8) is 0 Å². The molecule has 0 unspecified atom stereocenters. The smallest absolute Gasteiger partial charge is 0.262 e. The Morgan fingerprint density at radius 1 is 1.25 bits per heavy atom. The van der Waals surface area contributed by atoms with E-state index in [4.69, 9.17) is 17.3 Å². The lowest BCUT2D eigenvalue weighted by atomic mass is 10.1. The average molecular weight is 289 g/mol. The van der Waals surface area contributed by atoms with Gasteiger partial charge in [-0.25, -0.2) is 0 Å². The maximum Gasteiger partial charge on any atom is 0.262 e. The minimum Gasteiger partial charge on any atom is -0.507 e. The van der Waals surface area contributed by atoms with Gasteiger partial charge in [0.15, 0.2) is 0 Å². The van der Waals surface area contributed by atoms with Gasteiger partial charge in [-0.2, -0.15) is 0 Å². The lowest BCUT2D eigenvalue weighted by Crippen LogP contribution is -2.28. The minimum atomic E-state index is -0.256. The number of aromatic hydroxyl groups is 1. The van der Waals surface area contributed by atoms with Crippen molar-refractivity contribution >= 4 is 28.9 Å². The number of benzene rings is 2. The zero-order valence-corrected chi connectivity index (χ0v) is 11.4. The SMILES string of the molecule is Nc1ccc2c(c1)CCN2C(=O)c1cc(Cl)ccc1O. The van der Waals surface area contributed by atoms with Crippen molar-refractivity contribution in [2.45, 2.75) is 6.42 Å². The quantitative estimate of drug-likeness (QED) is 0.793. The van der Waals surface area contributed by atoms with Gasteiger partial charge in [0, 0.05) is 22.9 Å². The summed E-state index contributed by atoms with van der Waals surface area (Å²) in [5, 5.41) is 10.3. The van der Waals surface area contributed by atoms with Crippen molar-refractivity contribution in [1.82, 2.24) is 0 Å². The fraction of sp³-hybridized carbons (Fsp3) is 0.133. The Labute approximate surface area is 121 Å². The molecule has 0 radical (unpaired) electrons. The number of phenols is 1. The number of nitrogens with zero attached hydrogens (tertiary/aromatic N) is 1. The molecule has 0 spiro atoms. The highest BCUT2D eigenvalue weighted by atomic mass is 35.5. The van der Waals surface area contributed by atoms with Crippen LogP contribution < -0.4 is 10.6 Å². The Bertz CT molecular complexity index is 700. The first-order valence-corrected chi connectivity index (χ1v) is 6.63. The van der Waals surface area contributed by atoms with Crippen molar-refractivity contribution in [2.75, 3.05) is 17.2 Å². The molecule has 0 aliphatic carbocycles. The number of anilines is 2. The Balaban J connectivity index is 2.00. The van der Waals surface area contributed by atoms with Gasteiger partial charge in [-0.15, -0.1) is 0 Å². The van der Waals surface area contributed by atoms with Crippen LogP contribution in [0, 0.1) is 0 Å². The van der Waals surface area contributed by atoms with E-state index in [1.165, 1.54) is 12.1 Å². The normalized spacial score (nSPS) is 13.3. The third kappa shape index (κ3) is 2.08. The second-order valence-corrected chi connectivity index (χ2v) is 5.19. The predicted molar refractivity (Wildman–Crippen MR) is 79.4 cm³/mol. The van der Waals surface area contributed by atoms with E-state index in [1.54, 1.807) is 17.0 Å². The zero-order valence-electron chi connectivity index (χ0n) is 10.6. The van der Waals surface area contributed by atoms with Crippen molar-refractivity contribution in [3.05, 3.63) is 52.5 Å². The number of hydrogen-bond acceptors (Lipinski definition) is 3. The van der Waals surface area contributed by atoms with Crippen molar-refractivity contribution in [1.29, 1.82) is 0 Å². The predicted octanol–water partition coefficient (Wildman–Crippen LogP) is 2.83. The molecule has 2 aromatic carbocycles. The Morgan fingerprint density at radius 3 is 2.85 bits per heavy atom. The van der Waals surface area contributed by atoms with E-state index in [0.717, 1.165) is 17.7 Å². The van der Waals surface area contributed by atoms with Gasteiger partial charge in [-0.3, -0.25) is 4.79 Å². The molecule has 1 aliphatic heterocycles. The number of rotatable bonds is 1. The number of nitrogens with two attached hydrogens (primary N) is 1. The first-order chi connectivity index (χ1) is 9.56. The van der Waals surface area contributed by atoms with Crippen molar-refractivity contribution in [3.8, 4) is 5.75 Å². The highest BCUT2D eigenvalue weighted by Crippen LogP contribution is 2.32. The topological polar surface area (TPSA) is 66.6 Å². The Hall–Kier alpha value is -2.20. The average Bonchev–Trinajstić information content (AvgIpc) is 2.83. The van der Waals surface area contributed by atoms with Crippen LogP contribution >= 0.6 is 11.6 Å². The second kappa shape index (κ2) is 4.72. The molecule has 1 heterocycles. The Morgan fingerprint density at radius 2 is 2.05 bits per heavy atom. The fourth-order valence-corrected chi connectivity index (χ4v) is 2.63. The molecule has 1 aliphatic rings. The largest absolute Gasteiger partial charge is 0.507 e. The van der Waals surface area contributed by atoms with Gasteiger partial charge in [-0.1, -0.05) is 11.6 Å². The molecule has 5 heteroatoms. The number of carbonyl (C=O) groups is 1. The lowest BCUT2D eigenvalue weighted by Gasteiger charge is -2.18. The maximum absolute atomic E-state index is 12.5. The first-order valence-electron chi connectivity index (χ1n) is 6.25. The summed E-state index contributed by atoms with van der Waals surface area (Å²) in [6.07, 6.45) is 0.757. The van der Waals surface area contributed by atoms with Crippen molar-refractivity contribution in [2.24, 2.45) is 0 Å². The highest BCUT2D eigenvalue weighted by molar-refractivity contribution is 6.31. The highest BCUT2D eigenvalue weighted by Gasteiger charge is 2.27. The molecule has 0 saturated carbocycles. The monoisotopic (exact) mass is 288 g/mol. The van der Waals surface area contributed by atoms with E-state index < -0.39 is 0 Å². The van der Waals surface area contributed by atoms with Crippen LogP contribution in [0.5, 0.6) is 5.75 Å². The number of hydrogen-bond donors (Lipinski definition) is 2. The standard InChI is InChI=1S/C15H13ClN2O2/c16-10-1-4-14(19)12(8-10)15(20)18-6-5-9-7-11(17)2-3-13(9)18/h1-4,7-8,19H,5-6,17H2. The molecule has 20 heavy (non-hydrogen) atoms. The number of phenolic OH excluding ortho intramolecular Hbond substituents is 1. The summed E-state index contributed by atoms with van der Waals surface area (Å²) in [6.45, 7) is 0.573. The molecule has 0 fully saturated rings. The number of carbonyl (C=O) groups excluding carboxylic acids is 1. The summed E-state index contributed by atoms with van der Waals surface area (Å²) in [7, 11) is 0. The van der Waals surface area contributed by atoms with E-state index in [0.29, 0.717) is 17.3 Å². The van der Waals surface area contributed by atoms with Crippen LogP contribution in [0.25, 0.3) is 0 Å². The number of fused-ring (bicyclic) bond motifs is 1. The summed E-state index contributed by atoms with van der Waals surface area (Å²) < 4.78 is 0. The lowest BCUT2D eigenvalue weighted by molar-refractivity contribution is 0.0987. The molecule has 1 amide bonds. The number of nitrogen functional groups attached to an aromatic ring is 1. The first kappa shape index (κ1) is 12.8. The van der Waals surface area contributed by atoms with Crippen LogP contribution in [0.1, 0.15) is 15.9 Å². The second-order valence-electron chi connectivity index (χ2n) is 4.76. The molecule has 0 atom stereocenters. The molecule has 3 N–H and O–H groups in total. The fourth-order valence-electron chi connectivity index (χ4n) is 2.46. The summed E-state index contributed by atoms with van der Waals surface area (Å²) in [6, 6.07) is 9.93. The summed E-state index contributed by atoms with van der Waals surface area (Å²) in [4.78, 5) is 14.2. The van der Waals surface area contributed by atoms with Gasteiger partial charge in [-0.05, 0) is 48.4 Å². The van der Waals surface area contributed by atoms with Gasteiger partial charge in [0.2, 0.25) is 0 Å². The zero-order chi connectivity index (χ0) is 14.3. The van der Waals surface area contributed by atoms with Crippen molar-refractivity contribution < 1.29 is 9.90 Å². The number of halogens is 1. The van der Waals surface area contributed by atoms with E-state index >= 15 is 0 Å². The van der Waals surface area contributed by atoms with Crippen LogP contribution in [-0.4, -0.2) is 17.6 Å². The molecule has 2 aromatic rings. The van der Waals surface area contributed by atoms with Crippen LogP contribution in [0.2, 0.25) is 5.02 Å². The van der Waals surface area contributed by atoms with Crippen LogP contribution in [0.4, 0.5) is 11.4 Å². The summed E-state index contributed by atoms with van der Waals surface area (Å²) >= 11 is 5.89. The molecule has 0 saturated heterocycles. The summed E-state index contributed by atoms with van der Waals surface area (Å²) in [5.41, 5.74) is 8.52. The third-order valence-corrected chi connectivity index (χ3v) is 3.67. The molecule has 0 aromatic heterocycles. The molecule has 0 bridgehead atoms. The molecule has 102 valence electrons. The molecule has 4 nitrogen and oxygen atoms in total. The minimum absolute atomic E-state index is 0.0664. The van der Waals surface area contributed by atoms with Gasteiger partial charge in [0.1, 0.15) is 5.75 Å². The Kier molecular flexibility index (Phi) is 3.03. The third-order valence-electron chi connectivity index (χ3n) is 3.43. The van der Waals surface area contributed by atoms with Crippen LogP contribution in [0.3, 0.4) is 0 Å². The molecular weight excluding hydrogens is 276 g/mol. The maximum atomic E-state index is 12.5. The molecular formula is C15H13ClN2O2. The molecule has 3 rings (SSSR count). The van der Waals surface area contributed by atoms with E-state index in [2.05, 4.69) is 0 Å². The van der Waals surface area contributed by atoms with E-state index in [1.807, 2.05) is 12.1 Å². The van der Waals surface area contributed by atoms with Gasteiger partial charge in [0.25, 0.3) is 5.91 Å². The van der Waals surface area contributed by atoms with E-state index in [-0.39, 0.29) is 17.2 Å². The van der Waals surface area contributed by atoms with Gasteiger partial charge >= 0.3 is 0 Å². The van der Waals surface area contributed by atoms with Gasteiger partial charge < -0.3 is 15.7 Å². The van der Waals surface area contributed by atoms with Crippen LogP contribution in [-0.2, 0) is 6.42 Å². The van der Waals surface area contributed by atoms with Crippen LogP contribution in [0.15, 0.2) is 36.4 Å².